The standard InChI is InChI=1S/2C11H17.ClH.Zr/c2*1-2-3-4-5-8-11-9-6-7-10-11;;/h2*6,9H,2-5,7-8H2,1H3;1H;/q2*-1;;+2. The average Bonchev–Trinajstić information content (AvgIpc) is 3.22. The van der Waals surface area contributed by atoms with Gasteiger partial charge in [0.1, 0.15) is 0 Å². The minimum Gasteiger partial charge on any atom is -0.269 e. The zero-order valence-corrected chi connectivity index (χ0v) is 19.0. The van der Waals surface area contributed by atoms with Crippen molar-refractivity contribution < 1.29 is 26.2 Å². The summed E-state index contributed by atoms with van der Waals surface area (Å²) in [5, 5.41) is 0. The summed E-state index contributed by atoms with van der Waals surface area (Å²) < 4.78 is 0. The third-order valence-electron chi connectivity index (χ3n) is 4.13. The molecule has 0 saturated carbocycles. The van der Waals surface area contributed by atoms with Gasteiger partial charge in [-0.05, 0) is 0 Å². The summed E-state index contributed by atoms with van der Waals surface area (Å²) in [4.78, 5) is 0. The van der Waals surface area contributed by atoms with E-state index in [0.717, 1.165) is 12.8 Å². The molecule has 0 heterocycles. The molecule has 2 aliphatic carbocycles. The quantitative estimate of drug-likeness (QED) is 0.248. The monoisotopic (exact) mass is 424 g/mol. The van der Waals surface area contributed by atoms with Crippen LogP contribution in [0, 0.1) is 12.2 Å². The molecular weight excluding hydrogens is 391 g/mol. The van der Waals surface area contributed by atoms with Crippen molar-refractivity contribution in [3.63, 3.8) is 0 Å². The predicted octanol–water partition coefficient (Wildman–Crippen LogP) is 7.71. The molecule has 0 fully saturated rings. The summed E-state index contributed by atoms with van der Waals surface area (Å²) in [5.74, 6) is 0. The van der Waals surface area contributed by atoms with Gasteiger partial charge in [-0.2, -0.15) is 12.2 Å². The summed E-state index contributed by atoms with van der Waals surface area (Å²) >= 11 is 0. The van der Waals surface area contributed by atoms with E-state index in [9.17, 15) is 0 Å². The molecule has 0 amide bonds. The number of allylic oxidation sites excluding steroid dienone is 8. The van der Waals surface area contributed by atoms with Gasteiger partial charge in [0.05, 0.1) is 0 Å². The third kappa shape index (κ3) is 14.5. The molecule has 0 aromatic rings. The van der Waals surface area contributed by atoms with Crippen LogP contribution in [-0.4, -0.2) is 0 Å². The molecule has 0 N–H and O–H groups in total. The van der Waals surface area contributed by atoms with Crippen LogP contribution in [0.15, 0.2) is 35.5 Å². The van der Waals surface area contributed by atoms with Gasteiger partial charge in [0.2, 0.25) is 0 Å². The Hall–Kier alpha value is 0.133. The molecule has 2 rings (SSSR count). The second-order valence-electron chi connectivity index (χ2n) is 6.24. The van der Waals surface area contributed by atoms with Crippen LogP contribution in [-0.2, 0) is 26.2 Å². The van der Waals surface area contributed by atoms with E-state index in [1.54, 1.807) is 0 Å². The molecule has 0 aliphatic heterocycles. The summed E-state index contributed by atoms with van der Waals surface area (Å²) in [6.45, 7) is 4.50. The second-order valence-corrected chi connectivity index (χ2v) is 6.24. The Morgan fingerprint density at radius 2 is 1.12 bits per heavy atom. The van der Waals surface area contributed by atoms with E-state index in [1.165, 1.54) is 75.4 Å². The number of rotatable bonds is 10. The molecule has 0 spiro atoms. The maximum Gasteiger partial charge on any atom is 2.00 e. The molecular formula is C22H35ClZr. The average molecular weight is 426 g/mol. The first-order chi connectivity index (χ1) is 10.9. The molecule has 0 unspecified atom stereocenters. The number of unbranched alkanes of at least 4 members (excludes halogenated alkanes) is 6. The third-order valence-corrected chi connectivity index (χ3v) is 4.13. The molecule has 0 saturated heterocycles. The van der Waals surface area contributed by atoms with Crippen LogP contribution < -0.4 is 0 Å². The molecule has 0 nitrogen and oxygen atoms in total. The molecule has 0 atom stereocenters. The number of halogens is 1. The summed E-state index contributed by atoms with van der Waals surface area (Å²) in [6.07, 6.45) is 31.0. The zero-order valence-electron chi connectivity index (χ0n) is 15.7. The Morgan fingerprint density at radius 3 is 1.42 bits per heavy atom. The first kappa shape index (κ1) is 26.4. The van der Waals surface area contributed by atoms with Gasteiger partial charge in [0.15, 0.2) is 0 Å². The van der Waals surface area contributed by atoms with Gasteiger partial charge >= 0.3 is 26.2 Å². The van der Waals surface area contributed by atoms with Crippen molar-refractivity contribution in [1.29, 1.82) is 0 Å². The van der Waals surface area contributed by atoms with E-state index >= 15 is 0 Å². The normalized spacial score (nSPS) is 14.2. The van der Waals surface area contributed by atoms with Crippen molar-refractivity contribution in [3.8, 4) is 0 Å². The predicted molar refractivity (Wildman–Crippen MR) is 106 cm³/mol. The zero-order chi connectivity index (χ0) is 15.9. The fourth-order valence-corrected chi connectivity index (χ4v) is 2.73. The maximum absolute atomic E-state index is 3.34. The van der Waals surface area contributed by atoms with Gasteiger partial charge in [0, 0.05) is 0 Å². The van der Waals surface area contributed by atoms with Gasteiger partial charge in [-0.1, -0.05) is 78.1 Å². The van der Waals surface area contributed by atoms with Gasteiger partial charge in [-0.25, -0.2) is 23.3 Å². The van der Waals surface area contributed by atoms with E-state index < -0.39 is 0 Å². The topological polar surface area (TPSA) is 0 Å². The Balaban J connectivity index is 0. The van der Waals surface area contributed by atoms with Crippen molar-refractivity contribution >= 4 is 12.4 Å². The Morgan fingerprint density at radius 1 is 0.708 bits per heavy atom. The molecule has 0 aromatic heterocycles. The first-order valence-electron chi connectivity index (χ1n) is 9.39. The van der Waals surface area contributed by atoms with Gasteiger partial charge in [-0.3, -0.25) is 12.2 Å². The van der Waals surface area contributed by atoms with Crippen LogP contribution in [0.3, 0.4) is 0 Å². The largest absolute Gasteiger partial charge is 2.00 e. The van der Waals surface area contributed by atoms with Crippen LogP contribution in [0.1, 0.15) is 90.9 Å². The minimum absolute atomic E-state index is 0. The summed E-state index contributed by atoms with van der Waals surface area (Å²) in [5.41, 5.74) is 2.86. The van der Waals surface area contributed by atoms with Crippen LogP contribution in [0.2, 0.25) is 0 Å². The van der Waals surface area contributed by atoms with E-state index in [-0.39, 0.29) is 38.6 Å². The van der Waals surface area contributed by atoms with Gasteiger partial charge in [0.25, 0.3) is 0 Å². The van der Waals surface area contributed by atoms with Crippen molar-refractivity contribution in [1.82, 2.24) is 0 Å². The van der Waals surface area contributed by atoms with Crippen molar-refractivity contribution in [3.05, 3.63) is 47.6 Å². The molecule has 0 radical (unpaired) electrons. The van der Waals surface area contributed by atoms with Crippen LogP contribution in [0.5, 0.6) is 0 Å². The van der Waals surface area contributed by atoms with Crippen LogP contribution in [0.4, 0.5) is 0 Å². The van der Waals surface area contributed by atoms with Gasteiger partial charge < -0.3 is 0 Å². The minimum atomic E-state index is 0. The van der Waals surface area contributed by atoms with E-state index in [0.29, 0.717) is 0 Å². The van der Waals surface area contributed by atoms with E-state index in [2.05, 4.69) is 50.3 Å². The maximum atomic E-state index is 3.34. The van der Waals surface area contributed by atoms with E-state index in [4.69, 9.17) is 0 Å². The van der Waals surface area contributed by atoms with E-state index in [1.807, 2.05) is 0 Å². The molecule has 24 heavy (non-hydrogen) atoms. The number of hydrogen-bond donors (Lipinski definition) is 0. The SMILES string of the molecule is CCCCCCC1=[C-]CC=C1.CCCCCCC1=[C-]CC=C1.Cl.[Zr+2]. The molecule has 134 valence electrons. The Bertz CT molecular complexity index is 353. The second kappa shape index (κ2) is 19.5. The molecule has 2 aliphatic rings. The van der Waals surface area contributed by atoms with Crippen LogP contribution in [0.25, 0.3) is 0 Å². The number of hydrogen-bond acceptors (Lipinski definition) is 0. The smallest absolute Gasteiger partial charge is 0.269 e. The fourth-order valence-electron chi connectivity index (χ4n) is 2.73. The van der Waals surface area contributed by atoms with Crippen molar-refractivity contribution in [2.24, 2.45) is 0 Å². The van der Waals surface area contributed by atoms with Crippen LogP contribution >= 0.6 is 12.4 Å². The summed E-state index contributed by atoms with van der Waals surface area (Å²) in [6, 6.07) is 0. The van der Waals surface area contributed by atoms with Crippen molar-refractivity contribution in [2.75, 3.05) is 0 Å². The fraction of sp³-hybridized carbons (Fsp3) is 0.636. The molecule has 0 aromatic carbocycles. The molecule has 2 heteroatoms. The molecule has 0 bridgehead atoms. The Labute approximate surface area is 176 Å². The first-order valence-corrected chi connectivity index (χ1v) is 9.39. The van der Waals surface area contributed by atoms with Crippen molar-refractivity contribution in [2.45, 2.75) is 90.9 Å². The van der Waals surface area contributed by atoms with Gasteiger partial charge in [-0.15, -0.1) is 25.2 Å². The summed E-state index contributed by atoms with van der Waals surface area (Å²) in [7, 11) is 0. The Kier molecular flexibility index (Phi) is 21.4.